The second-order valence-electron chi connectivity index (χ2n) is 6.86. The molecule has 1 aliphatic rings. The zero-order valence-electron chi connectivity index (χ0n) is 13.9. The predicted molar refractivity (Wildman–Crippen MR) is 93.6 cm³/mol. The maximum Gasteiger partial charge on any atom is 0.180 e. The predicted octanol–water partition coefficient (Wildman–Crippen LogP) is 2.70. The van der Waals surface area contributed by atoms with Crippen LogP contribution in [-0.2, 0) is 4.74 Å². The molecule has 0 aromatic heterocycles. The van der Waals surface area contributed by atoms with Crippen LogP contribution in [0, 0.1) is 0 Å². The Morgan fingerprint density at radius 1 is 1.23 bits per heavy atom. The minimum atomic E-state index is -0.216. The molecule has 22 heavy (non-hydrogen) atoms. The number of hydrogen-bond acceptors (Lipinski definition) is 5. The molecule has 0 amide bonds. The molecule has 0 saturated carbocycles. The van der Waals surface area contributed by atoms with Crippen molar-refractivity contribution in [1.29, 1.82) is 0 Å². The summed E-state index contributed by atoms with van der Waals surface area (Å²) in [6, 6.07) is 6.25. The van der Waals surface area contributed by atoms with Gasteiger partial charge in [-0.15, -0.1) is 0 Å². The van der Waals surface area contributed by atoms with E-state index in [1.54, 1.807) is 0 Å². The third-order valence-electron chi connectivity index (χ3n) is 3.72. The van der Waals surface area contributed by atoms with Crippen molar-refractivity contribution in [2.75, 3.05) is 29.5 Å². The highest BCUT2D eigenvalue weighted by atomic mass is 16.5. The van der Waals surface area contributed by atoms with Crippen LogP contribution in [0.2, 0.25) is 0 Å². The van der Waals surface area contributed by atoms with Crippen molar-refractivity contribution in [2.45, 2.75) is 45.3 Å². The Labute approximate surface area is 133 Å². The van der Waals surface area contributed by atoms with Crippen molar-refractivity contribution in [3.63, 3.8) is 0 Å². The number of ether oxygens (including phenoxy) is 1. The van der Waals surface area contributed by atoms with Gasteiger partial charge in [-0.1, -0.05) is 0 Å². The molecule has 1 fully saturated rings. The zero-order valence-corrected chi connectivity index (χ0v) is 13.9. The van der Waals surface area contributed by atoms with Gasteiger partial charge in [-0.3, -0.25) is 0 Å². The summed E-state index contributed by atoms with van der Waals surface area (Å²) in [6.45, 7) is 12.0. The van der Waals surface area contributed by atoms with E-state index in [1.807, 2.05) is 39.0 Å². The number of benzene rings is 1. The van der Waals surface area contributed by atoms with Crippen molar-refractivity contribution in [3.8, 4) is 0 Å². The van der Waals surface area contributed by atoms with E-state index in [1.165, 1.54) is 0 Å². The van der Waals surface area contributed by atoms with Crippen molar-refractivity contribution in [2.24, 2.45) is 0 Å². The van der Waals surface area contributed by atoms with Crippen LogP contribution in [0.4, 0.5) is 17.1 Å². The van der Waals surface area contributed by atoms with E-state index in [-0.39, 0.29) is 5.60 Å². The highest BCUT2D eigenvalue weighted by Crippen LogP contribution is 2.26. The van der Waals surface area contributed by atoms with Crippen molar-refractivity contribution >= 4 is 17.1 Å². The Hall–Kier alpha value is -2.04. The first-order valence-electron chi connectivity index (χ1n) is 7.79. The van der Waals surface area contributed by atoms with E-state index in [0.29, 0.717) is 23.3 Å². The van der Waals surface area contributed by atoms with Gasteiger partial charge in [0.2, 0.25) is 0 Å². The Kier molecular flexibility index (Phi) is 4.74. The Morgan fingerprint density at radius 2 is 1.86 bits per heavy atom. The second kappa shape index (κ2) is 6.38. The summed E-state index contributed by atoms with van der Waals surface area (Å²) in [5.41, 5.74) is 13.9. The molecule has 0 unspecified atom stereocenters. The minimum absolute atomic E-state index is 0.216. The van der Waals surface area contributed by atoms with Gasteiger partial charge in [0.1, 0.15) is 5.60 Å². The smallest absolute Gasteiger partial charge is 0.180 e. The summed E-state index contributed by atoms with van der Waals surface area (Å²) < 4.78 is 5.73. The fourth-order valence-electron chi connectivity index (χ4n) is 2.67. The monoisotopic (exact) mass is 304 g/mol. The third kappa shape index (κ3) is 4.48. The standard InChI is InChI=1S/C17H28N4O/c1-12(22-17(2,3)4)20-13-7-9-21(10-8-13)14-5-6-15(18)16(19)11-14/h5-6,11,13,20H,1,7-10,18-19H2,2-4H3. The average Bonchev–Trinajstić information content (AvgIpc) is 2.40. The second-order valence-corrected chi connectivity index (χ2v) is 6.86. The van der Waals surface area contributed by atoms with E-state index in [9.17, 15) is 0 Å². The van der Waals surface area contributed by atoms with Crippen LogP contribution < -0.4 is 21.7 Å². The number of nitrogen functional groups attached to an aromatic ring is 2. The van der Waals surface area contributed by atoms with Crippen molar-refractivity contribution in [1.82, 2.24) is 5.32 Å². The number of hydrogen-bond donors (Lipinski definition) is 3. The van der Waals surface area contributed by atoms with Crippen LogP contribution in [-0.4, -0.2) is 24.7 Å². The van der Waals surface area contributed by atoms with Crippen molar-refractivity contribution < 1.29 is 4.74 Å². The van der Waals surface area contributed by atoms with Crippen LogP contribution in [0.25, 0.3) is 0 Å². The summed E-state index contributed by atoms with van der Waals surface area (Å²) in [7, 11) is 0. The highest BCUT2D eigenvalue weighted by molar-refractivity contribution is 5.69. The average molecular weight is 304 g/mol. The van der Waals surface area contributed by atoms with Gasteiger partial charge in [0.25, 0.3) is 0 Å². The molecule has 2 rings (SSSR count). The number of piperidine rings is 1. The van der Waals surface area contributed by atoms with Gasteiger partial charge in [0.05, 0.1) is 11.4 Å². The minimum Gasteiger partial charge on any atom is -0.474 e. The number of nitrogens with two attached hydrogens (primary N) is 2. The lowest BCUT2D eigenvalue weighted by atomic mass is 10.0. The fourth-order valence-corrected chi connectivity index (χ4v) is 2.67. The van der Waals surface area contributed by atoms with E-state index in [2.05, 4.69) is 16.8 Å². The van der Waals surface area contributed by atoms with E-state index >= 15 is 0 Å². The van der Waals surface area contributed by atoms with Gasteiger partial charge in [0.15, 0.2) is 5.88 Å². The summed E-state index contributed by atoms with van der Waals surface area (Å²) in [5, 5.41) is 3.38. The molecule has 0 bridgehead atoms. The summed E-state index contributed by atoms with van der Waals surface area (Å²) in [4.78, 5) is 2.33. The molecule has 1 aromatic carbocycles. The first-order valence-corrected chi connectivity index (χ1v) is 7.79. The van der Waals surface area contributed by atoms with Gasteiger partial charge >= 0.3 is 0 Å². The Morgan fingerprint density at radius 3 is 2.41 bits per heavy atom. The quantitative estimate of drug-likeness (QED) is 0.589. The molecule has 0 aliphatic carbocycles. The molecule has 0 spiro atoms. The largest absolute Gasteiger partial charge is 0.474 e. The molecule has 5 N–H and O–H groups in total. The highest BCUT2D eigenvalue weighted by Gasteiger charge is 2.21. The van der Waals surface area contributed by atoms with Gasteiger partial charge in [-0.25, -0.2) is 0 Å². The molecular formula is C17H28N4O. The van der Waals surface area contributed by atoms with Gasteiger partial charge in [0, 0.05) is 24.8 Å². The van der Waals surface area contributed by atoms with E-state index in [4.69, 9.17) is 16.2 Å². The Bertz CT molecular complexity index is 528. The molecule has 5 nitrogen and oxygen atoms in total. The number of nitrogens with one attached hydrogen (secondary N) is 1. The SMILES string of the molecule is C=C(NC1CCN(c2ccc(N)c(N)c2)CC1)OC(C)(C)C. The number of anilines is 3. The van der Waals surface area contributed by atoms with Gasteiger partial charge in [-0.05, 0) is 58.4 Å². The molecule has 1 aliphatic heterocycles. The maximum atomic E-state index is 5.89. The molecule has 0 radical (unpaired) electrons. The first-order chi connectivity index (χ1) is 10.2. The summed E-state index contributed by atoms with van der Waals surface area (Å²) >= 11 is 0. The van der Waals surface area contributed by atoms with Crippen LogP contribution in [0.5, 0.6) is 0 Å². The molecule has 0 atom stereocenters. The zero-order chi connectivity index (χ0) is 16.3. The topological polar surface area (TPSA) is 76.5 Å². The lowest BCUT2D eigenvalue weighted by Gasteiger charge is -2.35. The van der Waals surface area contributed by atoms with Crippen LogP contribution in [0.15, 0.2) is 30.7 Å². The lowest BCUT2D eigenvalue weighted by molar-refractivity contribution is 0.0375. The fraction of sp³-hybridized carbons (Fsp3) is 0.529. The van der Waals surface area contributed by atoms with E-state index < -0.39 is 0 Å². The number of rotatable bonds is 4. The van der Waals surface area contributed by atoms with Crippen molar-refractivity contribution in [3.05, 3.63) is 30.7 Å². The molecule has 122 valence electrons. The van der Waals surface area contributed by atoms with Gasteiger partial charge in [-0.2, -0.15) is 0 Å². The summed E-state index contributed by atoms with van der Waals surface area (Å²) in [6.07, 6.45) is 2.08. The Balaban J connectivity index is 1.85. The molecule has 1 aromatic rings. The maximum absolute atomic E-state index is 5.89. The van der Waals surface area contributed by atoms with Gasteiger partial charge < -0.3 is 26.4 Å². The first kappa shape index (κ1) is 16.3. The molecule has 1 saturated heterocycles. The molecule has 5 heteroatoms. The normalized spacial score (nSPS) is 16.4. The molecular weight excluding hydrogens is 276 g/mol. The third-order valence-corrected chi connectivity index (χ3v) is 3.72. The van der Waals surface area contributed by atoms with Crippen LogP contribution in [0.1, 0.15) is 33.6 Å². The summed E-state index contributed by atoms with van der Waals surface area (Å²) in [5.74, 6) is 0.655. The molecule has 1 heterocycles. The van der Waals surface area contributed by atoms with Crippen LogP contribution in [0.3, 0.4) is 0 Å². The number of nitrogens with zero attached hydrogens (tertiary/aromatic N) is 1. The lowest BCUT2D eigenvalue weighted by Crippen LogP contribution is -2.43. The van der Waals surface area contributed by atoms with Crippen LogP contribution >= 0.6 is 0 Å². The van der Waals surface area contributed by atoms with E-state index in [0.717, 1.165) is 31.6 Å².